The molecule has 0 atom stereocenters. The second-order valence-corrected chi connectivity index (χ2v) is 6.50. The van der Waals surface area contributed by atoms with E-state index in [-0.39, 0.29) is 11.7 Å². The minimum absolute atomic E-state index is 0.00660. The zero-order valence-corrected chi connectivity index (χ0v) is 14.9. The maximum Gasteiger partial charge on any atom is 0.239 e. The van der Waals surface area contributed by atoms with Crippen molar-refractivity contribution in [3.63, 3.8) is 0 Å². The molecule has 1 aliphatic heterocycles. The van der Waals surface area contributed by atoms with Crippen LogP contribution < -0.4 is 5.32 Å². The Morgan fingerprint density at radius 2 is 2.24 bits per heavy atom. The number of anilines is 1. The number of hydrogen-bond donors (Lipinski definition) is 1. The Labute approximate surface area is 150 Å². The molecular formula is C18H19N3O3S. The van der Waals surface area contributed by atoms with Gasteiger partial charge in [-0.1, -0.05) is 11.8 Å². The number of carbonyl (C=O) groups excluding carboxylic acids is 2. The van der Waals surface area contributed by atoms with Gasteiger partial charge in [-0.2, -0.15) is 0 Å². The van der Waals surface area contributed by atoms with Crippen LogP contribution in [0.2, 0.25) is 0 Å². The number of Topliss-reactive ketones (excluding diaryl/α,β-unsaturated/α-hetero) is 1. The van der Waals surface area contributed by atoms with Gasteiger partial charge in [0, 0.05) is 12.1 Å². The van der Waals surface area contributed by atoms with Gasteiger partial charge in [0.05, 0.1) is 29.9 Å². The summed E-state index contributed by atoms with van der Waals surface area (Å²) in [5.41, 5.74) is 2.07. The second kappa shape index (κ2) is 7.57. The number of ketones is 1. The summed E-state index contributed by atoms with van der Waals surface area (Å²) in [7, 11) is 0. The lowest BCUT2D eigenvalue weighted by molar-refractivity contribution is -0.124. The van der Waals surface area contributed by atoms with E-state index in [0.29, 0.717) is 34.5 Å². The molecule has 1 fully saturated rings. The van der Waals surface area contributed by atoms with E-state index in [4.69, 9.17) is 4.42 Å². The lowest BCUT2D eigenvalue weighted by atomic mass is 10.1. The van der Waals surface area contributed by atoms with Crippen molar-refractivity contribution < 1.29 is 14.0 Å². The first-order chi connectivity index (χ1) is 12.1. The summed E-state index contributed by atoms with van der Waals surface area (Å²) in [4.78, 5) is 30.2. The van der Waals surface area contributed by atoms with E-state index in [1.165, 1.54) is 18.7 Å². The molecule has 0 aliphatic carbocycles. The smallest absolute Gasteiger partial charge is 0.239 e. The van der Waals surface area contributed by atoms with Crippen molar-refractivity contribution in [2.24, 2.45) is 4.99 Å². The number of carbonyl (C=O) groups is 2. The van der Waals surface area contributed by atoms with E-state index in [2.05, 4.69) is 10.3 Å². The quantitative estimate of drug-likeness (QED) is 0.798. The number of amidine groups is 1. The Morgan fingerprint density at radius 1 is 1.40 bits per heavy atom. The normalized spacial score (nSPS) is 15.8. The van der Waals surface area contributed by atoms with Crippen molar-refractivity contribution >= 4 is 40.0 Å². The molecule has 0 spiro atoms. The molecule has 6 nitrogen and oxygen atoms in total. The van der Waals surface area contributed by atoms with E-state index >= 15 is 0 Å². The van der Waals surface area contributed by atoms with Gasteiger partial charge in [-0.05, 0) is 44.2 Å². The molecule has 1 aromatic heterocycles. The number of aliphatic imine (C=N–C) groups is 1. The van der Waals surface area contributed by atoms with Crippen molar-refractivity contribution in [2.75, 3.05) is 17.6 Å². The Bertz CT molecular complexity index is 815. The SMILES string of the molecule is CCNc1ccc(C(C)=O)cc1/N=C1/SCC(=O)N1Cc1ccco1. The van der Waals surface area contributed by atoms with Crippen molar-refractivity contribution in [3.05, 3.63) is 47.9 Å². The van der Waals surface area contributed by atoms with Crippen molar-refractivity contribution in [1.29, 1.82) is 0 Å². The number of furan rings is 1. The zero-order chi connectivity index (χ0) is 17.8. The molecular weight excluding hydrogens is 338 g/mol. The van der Waals surface area contributed by atoms with Gasteiger partial charge >= 0.3 is 0 Å². The molecule has 130 valence electrons. The predicted molar refractivity (Wildman–Crippen MR) is 99.4 cm³/mol. The van der Waals surface area contributed by atoms with Crippen molar-refractivity contribution in [3.8, 4) is 0 Å². The Balaban J connectivity index is 1.95. The number of nitrogens with one attached hydrogen (secondary N) is 1. The summed E-state index contributed by atoms with van der Waals surface area (Å²) in [6.45, 7) is 4.60. The monoisotopic (exact) mass is 357 g/mol. The fraction of sp³-hybridized carbons (Fsp3) is 0.278. The van der Waals surface area contributed by atoms with Crippen LogP contribution in [0.15, 0.2) is 46.0 Å². The lowest BCUT2D eigenvalue weighted by Gasteiger charge is -2.15. The standard InChI is InChI=1S/C18H19N3O3S/c1-3-19-15-7-6-13(12(2)22)9-16(15)20-18-21(17(23)11-25-18)10-14-5-4-8-24-14/h4-9,19H,3,10-11H2,1-2H3/b20-18+. The molecule has 1 aliphatic rings. The lowest BCUT2D eigenvalue weighted by Crippen LogP contribution is -2.28. The molecule has 3 rings (SSSR count). The Kier molecular flexibility index (Phi) is 5.23. The topological polar surface area (TPSA) is 74.9 Å². The fourth-order valence-corrected chi connectivity index (χ4v) is 3.38. The third kappa shape index (κ3) is 3.93. The van der Waals surface area contributed by atoms with Crippen LogP contribution in [-0.4, -0.2) is 34.1 Å². The molecule has 1 amide bonds. The number of amides is 1. The van der Waals surface area contributed by atoms with Gasteiger partial charge in [0.1, 0.15) is 5.76 Å². The molecule has 0 bridgehead atoms. The first kappa shape index (κ1) is 17.3. The zero-order valence-electron chi connectivity index (χ0n) is 14.1. The minimum Gasteiger partial charge on any atom is -0.467 e. The number of hydrogen-bond acceptors (Lipinski definition) is 6. The Hall–Kier alpha value is -2.54. The van der Waals surface area contributed by atoms with Gasteiger partial charge in [-0.25, -0.2) is 4.99 Å². The van der Waals surface area contributed by atoms with Gasteiger partial charge < -0.3 is 9.73 Å². The van der Waals surface area contributed by atoms with Crippen LogP contribution in [-0.2, 0) is 11.3 Å². The van der Waals surface area contributed by atoms with Crippen molar-refractivity contribution in [1.82, 2.24) is 4.90 Å². The van der Waals surface area contributed by atoms with E-state index in [0.717, 1.165) is 12.2 Å². The molecule has 0 saturated carbocycles. The third-order valence-electron chi connectivity index (χ3n) is 3.74. The number of thioether (sulfide) groups is 1. The van der Waals surface area contributed by atoms with Gasteiger partial charge in [0.2, 0.25) is 5.91 Å². The summed E-state index contributed by atoms with van der Waals surface area (Å²) in [6.07, 6.45) is 1.58. The maximum absolute atomic E-state index is 12.2. The van der Waals surface area contributed by atoms with Crippen LogP contribution in [0.1, 0.15) is 30.0 Å². The molecule has 2 aromatic rings. The summed E-state index contributed by atoms with van der Waals surface area (Å²) < 4.78 is 5.34. The van der Waals surface area contributed by atoms with Gasteiger partial charge in [-0.15, -0.1) is 0 Å². The van der Waals surface area contributed by atoms with Gasteiger partial charge in [-0.3, -0.25) is 14.5 Å². The van der Waals surface area contributed by atoms with E-state index in [1.807, 2.05) is 19.1 Å². The summed E-state index contributed by atoms with van der Waals surface area (Å²) in [5.74, 6) is 1.02. The average molecular weight is 357 g/mol. The molecule has 25 heavy (non-hydrogen) atoms. The van der Waals surface area contributed by atoms with Gasteiger partial charge in [0.25, 0.3) is 0 Å². The minimum atomic E-state index is -0.0212. The van der Waals surface area contributed by atoms with Crippen LogP contribution in [0.3, 0.4) is 0 Å². The molecule has 0 unspecified atom stereocenters. The first-order valence-electron chi connectivity index (χ1n) is 8.01. The van der Waals surface area contributed by atoms with Crippen LogP contribution in [0, 0.1) is 0 Å². The summed E-state index contributed by atoms with van der Waals surface area (Å²) in [6, 6.07) is 8.99. The number of benzene rings is 1. The molecule has 0 radical (unpaired) electrons. The Morgan fingerprint density at radius 3 is 2.92 bits per heavy atom. The third-order valence-corrected chi connectivity index (χ3v) is 4.70. The van der Waals surface area contributed by atoms with Crippen LogP contribution in [0.5, 0.6) is 0 Å². The number of nitrogens with zero attached hydrogens (tertiary/aromatic N) is 2. The predicted octanol–water partition coefficient (Wildman–Crippen LogP) is 3.68. The van der Waals surface area contributed by atoms with Crippen LogP contribution in [0.25, 0.3) is 0 Å². The van der Waals surface area contributed by atoms with E-state index in [9.17, 15) is 9.59 Å². The maximum atomic E-state index is 12.2. The van der Waals surface area contributed by atoms with E-state index in [1.54, 1.807) is 29.4 Å². The highest BCUT2D eigenvalue weighted by Crippen LogP contribution is 2.31. The first-order valence-corrected chi connectivity index (χ1v) is 9.00. The average Bonchev–Trinajstić information content (AvgIpc) is 3.22. The fourth-order valence-electron chi connectivity index (χ4n) is 2.48. The van der Waals surface area contributed by atoms with E-state index < -0.39 is 0 Å². The van der Waals surface area contributed by atoms with Gasteiger partial charge in [0.15, 0.2) is 11.0 Å². The summed E-state index contributed by atoms with van der Waals surface area (Å²) >= 11 is 1.39. The van der Waals surface area contributed by atoms with Crippen molar-refractivity contribution in [2.45, 2.75) is 20.4 Å². The number of rotatable bonds is 6. The van der Waals surface area contributed by atoms with Crippen LogP contribution >= 0.6 is 11.8 Å². The molecule has 1 N–H and O–H groups in total. The largest absolute Gasteiger partial charge is 0.467 e. The molecule has 1 saturated heterocycles. The summed E-state index contributed by atoms with van der Waals surface area (Å²) in [5, 5.41) is 3.85. The molecule has 7 heteroatoms. The highest BCUT2D eigenvalue weighted by atomic mass is 32.2. The second-order valence-electron chi connectivity index (χ2n) is 5.56. The molecule has 2 heterocycles. The highest BCUT2D eigenvalue weighted by molar-refractivity contribution is 8.15. The van der Waals surface area contributed by atoms with Crippen LogP contribution in [0.4, 0.5) is 11.4 Å². The molecule has 1 aromatic carbocycles. The highest BCUT2D eigenvalue weighted by Gasteiger charge is 2.29.